The highest BCUT2D eigenvalue weighted by molar-refractivity contribution is 6.31. The normalized spacial score (nSPS) is 16.2. The van der Waals surface area contributed by atoms with Gasteiger partial charge in [0.2, 0.25) is 0 Å². The minimum Gasteiger partial charge on any atom is -0.496 e. The average Bonchev–Trinajstić information content (AvgIpc) is 2.78. The van der Waals surface area contributed by atoms with Gasteiger partial charge >= 0.3 is 0 Å². The molecule has 0 amide bonds. The number of anilines is 2. The number of benzene rings is 2. The van der Waals surface area contributed by atoms with Crippen LogP contribution in [0.4, 0.5) is 15.9 Å². The molecule has 172 valence electrons. The van der Waals surface area contributed by atoms with Gasteiger partial charge in [-0.1, -0.05) is 17.7 Å². The Labute approximate surface area is 195 Å². The molecule has 0 aliphatic carbocycles. The number of hydrogen-bond donors (Lipinski definition) is 2. The molecule has 0 bridgehead atoms. The van der Waals surface area contributed by atoms with Crippen molar-refractivity contribution in [2.45, 2.75) is 18.9 Å². The second-order valence-electron chi connectivity index (χ2n) is 7.82. The number of halogens is 2. The lowest BCUT2D eigenvalue weighted by Gasteiger charge is -2.39. The van der Waals surface area contributed by atoms with Gasteiger partial charge in [0.25, 0.3) is 0 Å². The van der Waals surface area contributed by atoms with Crippen LogP contribution in [0.1, 0.15) is 12.0 Å². The molecule has 1 saturated heterocycles. The number of hydrogen-bond acceptors (Lipinski definition) is 7. The zero-order valence-electron chi connectivity index (χ0n) is 18.1. The number of aromatic nitrogens is 2. The molecule has 1 fully saturated rings. The predicted octanol–water partition coefficient (Wildman–Crippen LogP) is 3.91. The van der Waals surface area contributed by atoms with Gasteiger partial charge in [0.05, 0.1) is 24.3 Å². The standard InChI is InChI=1S/C24H24ClFN4O3/c1-33-23-12-22-19(24(28-14-27-22)29-16-4-5-21(26)20(25)11-16)10-15(23)9-18(32)3-2-7-30-8-6-17(30)13-31/h2-5,10-12,14,17,31H,6-9,13H2,1H3,(H,27,28,29)/b3-2+. The number of methoxy groups -OCH3 is 1. The molecule has 7 nitrogen and oxygen atoms in total. The van der Waals surface area contributed by atoms with E-state index < -0.39 is 5.82 Å². The largest absolute Gasteiger partial charge is 0.496 e. The zero-order valence-corrected chi connectivity index (χ0v) is 18.8. The van der Waals surface area contributed by atoms with Gasteiger partial charge in [0.1, 0.15) is 23.7 Å². The van der Waals surface area contributed by atoms with Crippen molar-refractivity contribution >= 4 is 39.8 Å². The third kappa shape index (κ3) is 5.30. The van der Waals surface area contributed by atoms with Crippen LogP contribution in [-0.2, 0) is 11.2 Å². The van der Waals surface area contributed by atoms with Gasteiger partial charge < -0.3 is 15.2 Å². The lowest BCUT2D eigenvalue weighted by molar-refractivity contribution is -0.114. The fourth-order valence-corrected chi connectivity index (χ4v) is 3.96. The number of aliphatic hydroxyl groups excluding tert-OH is 1. The Morgan fingerprint density at radius 3 is 2.91 bits per heavy atom. The van der Waals surface area contributed by atoms with Crippen molar-refractivity contribution in [3.8, 4) is 5.75 Å². The fourth-order valence-electron chi connectivity index (χ4n) is 3.77. The molecule has 1 atom stereocenters. The number of aliphatic hydroxyl groups is 1. The molecule has 1 unspecified atom stereocenters. The summed E-state index contributed by atoms with van der Waals surface area (Å²) in [4.78, 5) is 23.3. The fraction of sp³-hybridized carbons (Fsp3) is 0.292. The lowest BCUT2D eigenvalue weighted by atomic mass is 10.0. The van der Waals surface area contributed by atoms with Crippen LogP contribution in [0, 0.1) is 5.82 Å². The van der Waals surface area contributed by atoms with E-state index in [-0.39, 0.29) is 29.9 Å². The molecule has 3 aromatic rings. The molecule has 0 spiro atoms. The van der Waals surface area contributed by atoms with Crippen LogP contribution in [0.25, 0.3) is 10.9 Å². The van der Waals surface area contributed by atoms with Crippen molar-refractivity contribution < 1.29 is 19.0 Å². The number of ketones is 1. The Bertz CT molecular complexity index is 1200. The van der Waals surface area contributed by atoms with E-state index in [1.807, 2.05) is 12.1 Å². The van der Waals surface area contributed by atoms with E-state index in [4.69, 9.17) is 16.3 Å². The van der Waals surface area contributed by atoms with E-state index in [9.17, 15) is 14.3 Å². The van der Waals surface area contributed by atoms with Crippen LogP contribution in [0.15, 0.2) is 48.8 Å². The second kappa shape index (κ2) is 10.2. The van der Waals surface area contributed by atoms with E-state index in [0.29, 0.717) is 40.3 Å². The molecule has 0 saturated carbocycles. The zero-order chi connectivity index (χ0) is 23.4. The summed E-state index contributed by atoms with van der Waals surface area (Å²) in [7, 11) is 1.55. The highest BCUT2D eigenvalue weighted by Gasteiger charge is 2.25. The van der Waals surface area contributed by atoms with Gasteiger partial charge in [0.15, 0.2) is 5.78 Å². The summed E-state index contributed by atoms with van der Waals surface area (Å²) in [6.07, 6.45) is 5.94. The Kier molecular flexibility index (Phi) is 7.17. The number of likely N-dealkylation sites (tertiary alicyclic amines) is 1. The van der Waals surface area contributed by atoms with E-state index >= 15 is 0 Å². The number of rotatable bonds is 9. The number of allylic oxidation sites excluding steroid dienone is 1. The van der Waals surface area contributed by atoms with Crippen LogP contribution in [0.3, 0.4) is 0 Å². The minimum atomic E-state index is -0.505. The number of carbonyl (C=O) groups excluding carboxylic acids is 1. The minimum absolute atomic E-state index is 0.00152. The van der Waals surface area contributed by atoms with Crippen LogP contribution in [-0.4, -0.2) is 58.6 Å². The second-order valence-corrected chi connectivity index (χ2v) is 8.23. The van der Waals surface area contributed by atoms with Gasteiger partial charge in [-0.25, -0.2) is 14.4 Å². The molecule has 2 N–H and O–H groups in total. The first-order valence-corrected chi connectivity index (χ1v) is 10.9. The summed E-state index contributed by atoms with van der Waals surface area (Å²) < 4.78 is 19.0. The van der Waals surface area contributed by atoms with Crippen LogP contribution in [0.5, 0.6) is 5.75 Å². The topological polar surface area (TPSA) is 87.6 Å². The Hall–Kier alpha value is -3.07. The van der Waals surface area contributed by atoms with Crippen molar-refractivity contribution in [3.05, 3.63) is 65.2 Å². The average molecular weight is 471 g/mol. The van der Waals surface area contributed by atoms with Gasteiger partial charge in [0, 0.05) is 48.3 Å². The van der Waals surface area contributed by atoms with Crippen LogP contribution >= 0.6 is 11.6 Å². The molecule has 0 radical (unpaired) electrons. The summed E-state index contributed by atoms with van der Waals surface area (Å²) in [5.74, 6) is 0.490. The number of nitrogens with one attached hydrogen (secondary N) is 1. The maximum Gasteiger partial charge on any atom is 0.159 e. The van der Waals surface area contributed by atoms with Crippen LogP contribution in [0.2, 0.25) is 5.02 Å². The van der Waals surface area contributed by atoms with E-state index in [0.717, 1.165) is 13.0 Å². The maximum atomic E-state index is 13.5. The van der Waals surface area contributed by atoms with Crippen molar-refractivity contribution in [1.29, 1.82) is 0 Å². The van der Waals surface area contributed by atoms with E-state index in [2.05, 4.69) is 20.2 Å². The van der Waals surface area contributed by atoms with E-state index in [1.165, 1.54) is 18.5 Å². The third-order valence-electron chi connectivity index (χ3n) is 5.70. The van der Waals surface area contributed by atoms with Gasteiger partial charge in [-0.3, -0.25) is 9.69 Å². The Morgan fingerprint density at radius 1 is 1.36 bits per heavy atom. The maximum absolute atomic E-state index is 13.5. The molecule has 2 aromatic carbocycles. The summed E-state index contributed by atoms with van der Waals surface area (Å²) in [6.45, 7) is 1.70. The molecule has 33 heavy (non-hydrogen) atoms. The first-order chi connectivity index (χ1) is 16.0. The quantitative estimate of drug-likeness (QED) is 0.458. The summed E-state index contributed by atoms with van der Waals surface area (Å²) in [5.41, 5.74) is 1.91. The first kappa shape index (κ1) is 23.1. The molecule has 1 aliphatic heterocycles. The third-order valence-corrected chi connectivity index (χ3v) is 5.99. The highest BCUT2D eigenvalue weighted by Crippen LogP contribution is 2.31. The van der Waals surface area contributed by atoms with Crippen LogP contribution < -0.4 is 10.1 Å². The first-order valence-electron chi connectivity index (χ1n) is 10.6. The van der Waals surface area contributed by atoms with Crippen molar-refractivity contribution in [1.82, 2.24) is 14.9 Å². The molecule has 2 heterocycles. The van der Waals surface area contributed by atoms with Crippen molar-refractivity contribution in [2.75, 3.05) is 32.1 Å². The van der Waals surface area contributed by atoms with E-state index in [1.54, 1.807) is 25.3 Å². The molecule has 9 heteroatoms. The Morgan fingerprint density at radius 2 is 2.21 bits per heavy atom. The van der Waals surface area contributed by atoms with Gasteiger partial charge in [-0.05, 0) is 36.8 Å². The molecule has 1 aliphatic rings. The molecular formula is C24H24ClFN4O3. The Balaban J connectivity index is 1.55. The highest BCUT2D eigenvalue weighted by atomic mass is 35.5. The number of carbonyl (C=O) groups is 1. The lowest BCUT2D eigenvalue weighted by Crippen LogP contribution is -2.49. The SMILES string of the molecule is COc1cc2ncnc(Nc3ccc(F)c(Cl)c3)c2cc1CC(=O)/C=C/CN1CCC1CO. The van der Waals surface area contributed by atoms with Crippen molar-refractivity contribution in [2.24, 2.45) is 0 Å². The molecule has 1 aromatic heterocycles. The van der Waals surface area contributed by atoms with Gasteiger partial charge in [-0.15, -0.1) is 0 Å². The van der Waals surface area contributed by atoms with Gasteiger partial charge in [-0.2, -0.15) is 0 Å². The number of ether oxygens (including phenoxy) is 1. The molecule has 4 rings (SSSR count). The van der Waals surface area contributed by atoms with Crippen molar-refractivity contribution in [3.63, 3.8) is 0 Å². The summed E-state index contributed by atoms with van der Waals surface area (Å²) in [5, 5.41) is 13.1. The summed E-state index contributed by atoms with van der Waals surface area (Å²) in [6, 6.07) is 8.09. The predicted molar refractivity (Wildman–Crippen MR) is 126 cm³/mol. The monoisotopic (exact) mass is 470 g/mol. The summed E-state index contributed by atoms with van der Waals surface area (Å²) >= 11 is 5.89. The number of fused-ring (bicyclic) bond motifs is 1. The number of nitrogens with zero attached hydrogens (tertiary/aromatic N) is 3. The smallest absolute Gasteiger partial charge is 0.159 e. The molecular weight excluding hydrogens is 447 g/mol.